The van der Waals surface area contributed by atoms with E-state index in [4.69, 9.17) is 5.73 Å². The molecule has 0 aliphatic carbocycles. The van der Waals surface area contributed by atoms with Crippen LogP contribution in [-0.2, 0) is 4.79 Å². The Kier molecular flexibility index (Phi) is 6.09. The Bertz CT molecular complexity index is 736. The van der Waals surface area contributed by atoms with Crippen LogP contribution in [-0.4, -0.2) is 11.7 Å². The van der Waals surface area contributed by atoms with Gasteiger partial charge in [0.2, 0.25) is 5.91 Å². The predicted octanol–water partition coefficient (Wildman–Crippen LogP) is 3.29. The molecule has 4 nitrogen and oxygen atoms in total. The van der Waals surface area contributed by atoms with Gasteiger partial charge in [-0.1, -0.05) is 30.3 Å². The number of halogens is 1. The van der Waals surface area contributed by atoms with Crippen molar-refractivity contribution in [3.8, 4) is 0 Å². The zero-order valence-corrected chi connectivity index (χ0v) is 13.3. The summed E-state index contributed by atoms with van der Waals surface area (Å²) in [5.74, 6) is 0.302. The van der Waals surface area contributed by atoms with Gasteiger partial charge in [0.1, 0.15) is 11.7 Å². The third-order valence-corrected chi connectivity index (χ3v) is 3.24. The lowest BCUT2D eigenvalue weighted by molar-refractivity contribution is -0.119. The molecule has 0 atom stereocenters. The van der Waals surface area contributed by atoms with E-state index < -0.39 is 0 Å². The Morgan fingerprint density at radius 1 is 1.21 bits per heavy atom. The van der Waals surface area contributed by atoms with Crippen LogP contribution in [0.1, 0.15) is 19.8 Å². The monoisotopic (exact) mass is 323 g/mol. The first-order valence-corrected chi connectivity index (χ1v) is 7.48. The summed E-state index contributed by atoms with van der Waals surface area (Å²) in [5, 5.41) is 2.77. The Hall–Kier alpha value is -3.13. The molecule has 0 aromatic heterocycles. The topological polar surface area (TPSA) is 67.5 Å². The first kappa shape index (κ1) is 17.2. The molecule has 1 heterocycles. The van der Waals surface area contributed by atoms with E-state index in [1.807, 2.05) is 37.3 Å². The highest BCUT2D eigenvalue weighted by atomic mass is 19.1. The Labute approximate surface area is 140 Å². The van der Waals surface area contributed by atoms with Crippen molar-refractivity contribution in [1.29, 1.82) is 0 Å². The Morgan fingerprint density at radius 2 is 1.96 bits per heavy atom. The molecule has 0 bridgehead atoms. The van der Waals surface area contributed by atoms with Crippen molar-refractivity contribution in [3.63, 3.8) is 0 Å². The number of amidine groups is 1. The first-order chi connectivity index (χ1) is 11.6. The van der Waals surface area contributed by atoms with Gasteiger partial charge in [-0.05, 0) is 37.6 Å². The summed E-state index contributed by atoms with van der Waals surface area (Å²) in [7, 11) is 0. The van der Waals surface area contributed by atoms with E-state index in [0.29, 0.717) is 24.4 Å². The molecule has 3 N–H and O–H groups in total. The summed E-state index contributed by atoms with van der Waals surface area (Å²) in [6.45, 7) is 1.83. The average Bonchev–Trinajstić information content (AvgIpc) is 2.57. The molecule has 1 aliphatic rings. The van der Waals surface area contributed by atoms with Gasteiger partial charge >= 0.3 is 0 Å². The average molecular weight is 323 g/mol. The summed E-state index contributed by atoms with van der Waals surface area (Å²) in [6, 6.07) is 18.6. The van der Waals surface area contributed by atoms with Gasteiger partial charge in [0, 0.05) is 23.8 Å². The molecular formula is C19H18FN3O. The molecule has 1 aliphatic heterocycles. The lowest BCUT2D eigenvalue weighted by Crippen LogP contribution is -2.37. The van der Waals surface area contributed by atoms with Crippen LogP contribution >= 0.6 is 0 Å². The number of piperidine rings is 1. The molecule has 24 heavy (non-hydrogen) atoms. The molecular weight excluding hydrogens is 305 g/mol. The minimum atomic E-state index is -0.265. The highest BCUT2D eigenvalue weighted by Gasteiger charge is 2.19. The Morgan fingerprint density at radius 3 is 2.50 bits per heavy atom. The van der Waals surface area contributed by atoms with Crippen molar-refractivity contribution in [3.05, 3.63) is 77.8 Å². The highest BCUT2D eigenvalue weighted by molar-refractivity contribution is 6.11. The van der Waals surface area contributed by atoms with Crippen molar-refractivity contribution in [2.45, 2.75) is 19.8 Å². The smallest absolute Gasteiger partial charge is 0.225 e. The fourth-order valence-corrected chi connectivity index (χ4v) is 2.07. The number of benzene rings is 1. The van der Waals surface area contributed by atoms with Crippen LogP contribution in [0.15, 0.2) is 64.8 Å². The predicted molar refractivity (Wildman–Crippen MR) is 91.9 cm³/mol. The van der Waals surface area contributed by atoms with Gasteiger partial charge in [-0.15, -0.1) is 0 Å². The summed E-state index contributed by atoms with van der Waals surface area (Å²) in [4.78, 5) is 15.8. The van der Waals surface area contributed by atoms with E-state index in [9.17, 15) is 9.18 Å². The van der Waals surface area contributed by atoms with Gasteiger partial charge in [-0.25, -0.2) is 9.38 Å². The summed E-state index contributed by atoms with van der Waals surface area (Å²) < 4.78 is 11.9. The number of nitrogens with zero attached hydrogens (tertiary/aromatic N) is 1. The van der Waals surface area contributed by atoms with Crippen LogP contribution in [0, 0.1) is 17.9 Å². The van der Waals surface area contributed by atoms with E-state index in [-0.39, 0.29) is 11.7 Å². The summed E-state index contributed by atoms with van der Waals surface area (Å²) in [6.07, 6.45) is 1.12. The SMILES string of the molecule is C/C(N)=C1\CCC(=O)NC1=Nc1ccccc1.Fc1cc#ccc1. The van der Waals surface area contributed by atoms with Crippen LogP contribution in [0.25, 0.3) is 0 Å². The van der Waals surface area contributed by atoms with Crippen molar-refractivity contribution < 1.29 is 9.18 Å². The molecule has 1 fully saturated rings. The maximum atomic E-state index is 11.9. The quantitative estimate of drug-likeness (QED) is 0.845. The Balaban J connectivity index is 0.000000249. The van der Waals surface area contributed by atoms with E-state index in [1.165, 1.54) is 18.2 Å². The van der Waals surface area contributed by atoms with Gasteiger partial charge < -0.3 is 11.1 Å². The summed E-state index contributed by atoms with van der Waals surface area (Å²) in [5.41, 5.74) is 8.25. The van der Waals surface area contributed by atoms with Crippen LogP contribution in [0.2, 0.25) is 0 Å². The third kappa shape index (κ3) is 5.25. The standard InChI is InChI=1S/C13H15N3O.C6H3F/c1-9(14)11-7-8-12(17)16-13(11)15-10-5-3-2-4-6-10;7-6-4-2-1-3-5-6/h2-6H,7-8,14H2,1H3,(H,15,16,17);2,4-5H/b11-9-;. The maximum absolute atomic E-state index is 11.9. The maximum Gasteiger partial charge on any atom is 0.225 e. The number of allylic oxidation sites excluding steroid dienone is 1. The van der Waals surface area contributed by atoms with Crippen molar-refractivity contribution in [1.82, 2.24) is 5.32 Å². The minimum absolute atomic E-state index is 0.00955. The second-order valence-electron chi connectivity index (χ2n) is 5.16. The zero-order valence-electron chi connectivity index (χ0n) is 13.3. The van der Waals surface area contributed by atoms with Crippen LogP contribution in [0.5, 0.6) is 0 Å². The molecule has 5 heteroatoms. The first-order valence-electron chi connectivity index (χ1n) is 7.48. The number of carbonyl (C=O) groups is 1. The number of amides is 1. The summed E-state index contributed by atoms with van der Waals surface area (Å²) >= 11 is 0. The lowest BCUT2D eigenvalue weighted by Gasteiger charge is -2.19. The minimum Gasteiger partial charge on any atom is -0.402 e. The molecule has 2 aromatic carbocycles. The number of aliphatic imine (C=N–C) groups is 1. The fraction of sp³-hybridized carbons (Fsp3) is 0.158. The van der Waals surface area contributed by atoms with Gasteiger partial charge in [-0.2, -0.15) is 0 Å². The van der Waals surface area contributed by atoms with Gasteiger partial charge in [0.25, 0.3) is 0 Å². The largest absolute Gasteiger partial charge is 0.402 e. The molecule has 1 amide bonds. The molecule has 0 saturated carbocycles. The lowest BCUT2D eigenvalue weighted by atomic mass is 10.0. The normalized spacial score (nSPS) is 17.2. The molecule has 0 unspecified atom stereocenters. The molecule has 1 saturated heterocycles. The highest BCUT2D eigenvalue weighted by Crippen LogP contribution is 2.18. The molecule has 3 rings (SSSR count). The third-order valence-electron chi connectivity index (χ3n) is 3.24. The number of nitrogens with one attached hydrogen (secondary N) is 1. The molecule has 122 valence electrons. The van der Waals surface area contributed by atoms with Gasteiger partial charge in [0.15, 0.2) is 0 Å². The van der Waals surface area contributed by atoms with E-state index in [0.717, 1.165) is 11.3 Å². The second kappa shape index (κ2) is 8.49. The van der Waals surface area contributed by atoms with Crippen molar-refractivity contribution in [2.24, 2.45) is 10.7 Å². The van der Waals surface area contributed by atoms with E-state index in [1.54, 1.807) is 0 Å². The van der Waals surface area contributed by atoms with Crippen LogP contribution in [0.3, 0.4) is 0 Å². The molecule has 0 radical (unpaired) electrons. The van der Waals surface area contributed by atoms with Crippen LogP contribution in [0.4, 0.5) is 10.1 Å². The second-order valence-corrected chi connectivity index (χ2v) is 5.16. The number of para-hydroxylation sites is 1. The zero-order chi connectivity index (χ0) is 17.4. The number of nitrogens with two attached hydrogens (primary N) is 1. The van der Waals surface area contributed by atoms with E-state index >= 15 is 0 Å². The fourth-order valence-electron chi connectivity index (χ4n) is 2.07. The van der Waals surface area contributed by atoms with Crippen LogP contribution < -0.4 is 11.1 Å². The number of rotatable bonds is 1. The van der Waals surface area contributed by atoms with Gasteiger partial charge in [0.05, 0.1) is 5.69 Å². The van der Waals surface area contributed by atoms with Crippen molar-refractivity contribution >= 4 is 17.4 Å². The van der Waals surface area contributed by atoms with Gasteiger partial charge in [-0.3, -0.25) is 4.79 Å². The molecule has 0 spiro atoms. The van der Waals surface area contributed by atoms with E-state index in [2.05, 4.69) is 22.4 Å². The number of hydrogen-bond donors (Lipinski definition) is 2. The number of carbonyl (C=O) groups excluding carboxylic acids is 1. The number of hydrogen-bond acceptors (Lipinski definition) is 3. The van der Waals surface area contributed by atoms with Crippen molar-refractivity contribution in [2.75, 3.05) is 0 Å². The molecule has 2 aromatic rings.